The van der Waals surface area contributed by atoms with Crippen LogP contribution >= 0.6 is 0 Å². The number of benzene rings is 1. The van der Waals surface area contributed by atoms with E-state index in [0.717, 1.165) is 18.2 Å². The molecule has 0 bridgehead atoms. The van der Waals surface area contributed by atoms with Crippen molar-refractivity contribution in [3.05, 3.63) is 24.0 Å². The lowest BCUT2D eigenvalue weighted by Gasteiger charge is -2.16. The van der Waals surface area contributed by atoms with Gasteiger partial charge >= 0.3 is 12.3 Å². The molecule has 1 aromatic carbocycles. The molecule has 0 radical (unpaired) electrons. The maximum Gasteiger partial charge on any atom is 0.340 e. The van der Waals surface area contributed by atoms with Crippen molar-refractivity contribution in [2.24, 2.45) is 0 Å². The molecule has 16 heavy (non-hydrogen) atoms. The molecule has 90 valence electrons. The summed E-state index contributed by atoms with van der Waals surface area (Å²) in [5.74, 6) is -5.44. The molecule has 0 aliphatic heterocycles. The van der Waals surface area contributed by atoms with Crippen LogP contribution in [0.5, 0.6) is 5.75 Å². The zero-order valence-electron chi connectivity index (χ0n) is 7.89. The third-order valence-corrected chi connectivity index (χ3v) is 1.71. The van der Waals surface area contributed by atoms with Gasteiger partial charge in [-0.05, 0) is 12.1 Å². The summed E-state index contributed by atoms with van der Waals surface area (Å²) in [7, 11) is 0. The molecule has 1 rings (SSSR count). The Balaban J connectivity index is 2.71. The third kappa shape index (κ3) is 2.98. The molecule has 0 aliphatic carbocycles. The van der Waals surface area contributed by atoms with Gasteiger partial charge in [-0.1, -0.05) is 0 Å². The molecule has 0 fully saturated rings. The van der Waals surface area contributed by atoms with E-state index >= 15 is 0 Å². The fourth-order valence-electron chi connectivity index (χ4n) is 0.870. The van der Waals surface area contributed by atoms with Gasteiger partial charge in [0.05, 0.1) is 5.69 Å². The van der Waals surface area contributed by atoms with Crippen molar-refractivity contribution in [1.82, 2.24) is 0 Å². The maximum absolute atomic E-state index is 12.7. The highest BCUT2D eigenvalue weighted by atomic mass is 19.3. The quantitative estimate of drug-likeness (QED) is 0.649. The maximum atomic E-state index is 12.7. The van der Waals surface area contributed by atoms with E-state index in [1.165, 1.54) is 0 Å². The number of rotatable bonds is 4. The summed E-state index contributed by atoms with van der Waals surface area (Å²) in [5.41, 5.74) is 5.17. The van der Waals surface area contributed by atoms with Crippen molar-refractivity contribution >= 4 is 5.69 Å². The van der Waals surface area contributed by atoms with Crippen molar-refractivity contribution in [3.8, 4) is 5.75 Å². The topological polar surface area (TPSA) is 35.2 Å². The van der Waals surface area contributed by atoms with Gasteiger partial charge in [-0.25, -0.2) is 13.2 Å². The van der Waals surface area contributed by atoms with Crippen LogP contribution in [0.1, 0.15) is 0 Å². The number of ether oxygens (including phenoxy) is 1. The number of anilines is 1. The van der Waals surface area contributed by atoms with E-state index in [1.807, 2.05) is 0 Å². The normalized spacial score (nSPS) is 11.9. The Bertz CT molecular complexity index is 369. The van der Waals surface area contributed by atoms with Crippen molar-refractivity contribution in [3.63, 3.8) is 0 Å². The molecule has 0 unspecified atom stereocenters. The Morgan fingerprint density at radius 3 is 2.50 bits per heavy atom. The van der Waals surface area contributed by atoms with Crippen molar-refractivity contribution in [2.75, 3.05) is 12.3 Å². The summed E-state index contributed by atoms with van der Waals surface area (Å²) in [6, 6.07) is 2.83. The lowest BCUT2D eigenvalue weighted by atomic mass is 10.3. The van der Waals surface area contributed by atoms with Crippen molar-refractivity contribution in [2.45, 2.75) is 12.3 Å². The van der Waals surface area contributed by atoms with Crippen LogP contribution in [0.2, 0.25) is 0 Å². The Morgan fingerprint density at radius 2 is 1.94 bits per heavy atom. The largest absolute Gasteiger partial charge is 0.485 e. The van der Waals surface area contributed by atoms with Gasteiger partial charge in [0, 0.05) is 6.07 Å². The van der Waals surface area contributed by atoms with E-state index in [-0.39, 0.29) is 11.4 Å². The average Bonchev–Trinajstić information content (AvgIpc) is 2.19. The fourth-order valence-corrected chi connectivity index (χ4v) is 0.870. The zero-order valence-corrected chi connectivity index (χ0v) is 7.89. The average molecular weight is 241 g/mol. The molecule has 0 aromatic heterocycles. The highest BCUT2D eigenvalue weighted by Gasteiger charge is 2.41. The van der Waals surface area contributed by atoms with E-state index in [1.54, 1.807) is 0 Å². The van der Waals surface area contributed by atoms with Gasteiger partial charge in [-0.3, -0.25) is 0 Å². The van der Waals surface area contributed by atoms with Crippen molar-refractivity contribution in [1.29, 1.82) is 0 Å². The second-order valence-electron chi connectivity index (χ2n) is 3.03. The number of hydrogen-bond donors (Lipinski definition) is 1. The van der Waals surface area contributed by atoms with E-state index in [2.05, 4.69) is 4.74 Å². The highest BCUT2D eigenvalue weighted by Crippen LogP contribution is 2.27. The molecule has 0 amide bonds. The van der Waals surface area contributed by atoms with Gasteiger partial charge in [0.1, 0.15) is 11.6 Å². The Labute approximate surface area is 87.8 Å². The second-order valence-corrected chi connectivity index (χ2v) is 3.03. The van der Waals surface area contributed by atoms with Crippen LogP contribution in [0, 0.1) is 5.82 Å². The minimum absolute atomic E-state index is 0.105. The van der Waals surface area contributed by atoms with Crippen LogP contribution in [-0.2, 0) is 0 Å². The number of nitrogen functional groups attached to an aromatic ring is 1. The minimum Gasteiger partial charge on any atom is -0.485 e. The first-order valence-electron chi connectivity index (χ1n) is 4.17. The molecule has 0 atom stereocenters. The van der Waals surface area contributed by atoms with Crippen molar-refractivity contribution < 1.29 is 26.7 Å². The smallest absolute Gasteiger partial charge is 0.340 e. The lowest BCUT2D eigenvalue weighted by molar-refractivity contribution is -0.148. The first kappa shape index (κ1) is 12.5. The molecule has 2 nitrogen and oxygen atoms in total. The number of alkyl halides is 4. The van der Waals surface area contributed by atoms with Crippen LogP contribution < -0.4 is 10.5 Å². The van der Waals surface area contributed by atoms with Crippen LogP contribution in [-0.4, -0.2) is 19.0 Å². The lowest BCUT2D eigenvalue weighted by Crippen LogP contribution is -2.33. The molecule has 0 saturated heterocycles. The van der Waals surface area contributed by atoms with Gasteiger partial charge < -0.3 is 10.5 Å². The SMILES string of the molecule is Nc1ccc(F)cc1OCC(F)(F)C(F)F. The number of halogens is 5. The summed E-state index contributed by atoms with van der Waals surface area (Å²) < 4.78 is 65.4. The van der Waals surface area contributed by atoms with Gasteiger partial charge in [-0.2, -0.15) is 8.78 Å². The first-order chi connectivity index (χ1) is 7.33. The summed E-state index contributed by atoms with van der Waals surface area (Å²) in [6.45, 7) is -1.56. The molecular weight excluding hydrogens is 233 g/mol. The fraction of sp³-hybridized carbons (Fsp3) is 0.333. The molecule has 7 heteroatoms. The van der Waals surface area contributed by atoms with Gasteiger partial charge in [0.15, 0.2) is 6.61 Å². The van der Waals surface area contributed by atoms with Gasteiger partial charge in [-0.15, -0.1) is 0 Å². The summed E-state index contributed by atoms with van der Waals surface area (Å²) in [5, 5.41) is 0. The Morgan fingerprint density at radius 1 is 1.31 bits per heavy atom. The number of nitrogens with two attached hydrogens (primary N) is 1. The first-order valence-corrected chi connectivity index (χ1v) is 4.17. The molecule has 1 aromatic rings. The predicted molar refractivity (Wildman–Crippen MR) is 47.3 cm³/mol. The summed E-state index contributed by atoms with van der Waals surface area (Å²) in [4.78, 5) is 0. The Hall–Kier alpha value is -1.53. The monoisotopic (exact) mass is 241 g/mol. The van der Waals surface area contributed by atoms with Crippen LogP contribution in [0.15, 0.2) is 18.2 Å². The molecule has 0 aliphatic rings. The summed E-state index contributed by atoms with van der Waals surface area (Å²) in [6.07, 6.45) is -3.85. The molecular formula is C9H8F5NO. The molecule has 0 heterocycles. The van der Waals surface area contributed by atoms with Gasteiger partial charge in [0.2, 0.25) is 0 Å². The third-order valence-electron chi connectivity index (χ3n) is 1.71. The van der Waals surface area contributed by atoms with Gasteiger partial charge in [0.25, 0.3) is 0 Å². The van der Waals surface area contributed by atoms with Crippen LogP contribution in [0.3, 0.4) is 0 Å². The molecule has 0 spiro atoms. The zero-order chi connectivity index (χ0) is 12.3. The number of hydrogen-bond acceptors (Lipinski definition) is 2. The van der Waals surface area contributed by atoms with E-state index < -0.39 is 24.8 Å². The Kier molecular flexibility index (Phi) is 3.56. The second kappa shape index (κ2) is 4.54. The van der Waals surface area contributed by atoms with Crippen LogP contribution in [0.25, 0.3) is 0 Å². The summed E-state index contributed by atoms with van der Waals surface area (Å²) >= 11 is 0. The highest BCUT2D eigenvalue weighted by molar-refractivity contribution is 5.52. The minimum atomic E-state index is -4.29. The predicted octanol–water partition coefficient (Wildman–Crippen LogP) is 2.69. The van der Waals surface area contributed by atoms with E-state index in [0.29, 0.717) is 0 Å². The standard InChI is InChI=1S/C9H8F5NO/c10-5-1-2-6(15)7(3-5)16-4-9(13,14)8(11)12/h1-3,8H,4,15H2. The molecule has 2 N–H and O–H groups in total. The van der Waals surface area contributed by atoms with E-state index in [9.17, 15) is 22.0 Å². The molecule has 0 saturated carbocycles. The van der Waals surface area contributed by atoms with Crippen LogP contribution in [0.4, 0.5) is 27.6 Å². The van der Waals surface area contributed by atoms with E-state index in [4.69, 9.17) is 5.73 Å².